The molecule has 144 valence electrons. The third-order valence-electron chi connectivity index (χ3n) is 5.39. The van der Waals surface area contributed by atoms with Gasteiger partial charge in [0.2, 0.25) is 5.91 Å². The first-order valence-corrected chi connectivity index (χ1v) is 10.9. The Morgan fingerprint density at radius 2 is 2.08 bits per heavy atom. The molecular formula is C19H29N3O3S. The summed E-state index contributed by atoms with van der Waals surface area (Å²) in [6.45, 7) is 11.5. The lowest BCUT2D eigenvalue weighted by Gasteiger charge is -2.32. The second kappa shape index (κ2) is 6.94. The average Bonchev–Trinajstić information content (AvgIpc) is 2.86. The standard InChI is InChI=1S/C19H29N3O3S/c1-5-26(24,25)15-6-7-16-17(10-15)22(13-19(16,3)4)18(23)12-21-9-8-20-14(2)11-21/h6-7,10,14,20H,5,8-9,11-13H2,1-4H3/t14-/m1/s1. The number of amides is 1. The summed E-state index contributed by atoms with van der Waals surface area (Å²) in [6, 6.07) is 5.60. The molecule has 0 spiro atoms. The van der Waals surface area contributed by atoms with Gasteiger partial charge < -0.3 is 10.2 Å². The van der Waals surface area contributed by atoms with Crippen LogP contribution >= 0.6 is 0 Å². The molecule has 2 aliphatic heterocycles. The zero-order valence-corrected chi connectivity index (χ0v) is 16.9. The maximum absolute atomic E-state index is 13.0. The van der Waals surface area contributed by atoms with E-state index in [1.54, 1.807) is 24.0 Å². The number of anilines is 1. The molecule has 0 aliphatic carbocycles. The van der Waals surface area contributed by atoms with Crippen molar-refractivity contribution in [3.63, 3.8) is 0 Å². The van der Waals surface area contributed by atoms with Crippen LogP contribution in [0, 0.1) is 0 Å². The fourth-order valence-corrected chi connectivity index (χ4v) is 4.79. The molecule has 0 aromatic heterocycles. The number of carbonyl (C=O) groups excluding carboxylic acids is 1. The molecule has 1 fully saturated rings. The van der Waals surface area contributed by atoms with Crippen LogP contribution in [-0.2, 0) is 20.0 Å². The predicted molar refractivity (Wildman–Crippen MR) is 103 cm³/mol. The summed E-state index contributed by atoms with van der Waals surface area (Å²) in [5.74, 6) is 0.0962. The van der Waals surface area contributed by atoms with Gasteiger partial charge in [-0.2, -0.15) is 0 Å². The molecule has 2 aliphatic rings. The number of benzene rings is 1. The largest absolute Gasteiger partial charge is 0.312 e. The minimum Gasteiger partial charge on any atom is -0.312 e. The molecule has 1 atom stereocenters. The van der Waals surface area contributed by atoms with Crippen LogP contribution in [0.2, 0.25) is 0 Å². The number of piperazine rings is 1. The second-order valence-electron chi connectivity index (χ2n) is 8.04. The molecule has 0 saturated carbocycles. The molecule has 1 amide bonds. The summed E-state index contributed by atoms with van der Waals surface area (Å²) in [5.41, 5.74) is 1.60. The van der Waals surface area contributed by atoms with Crippen LogP contribution in [0.25, 0.3) is 0 Å². The summed E-state index contributed by atoms with van der Waals surface area (Å²) in [4.78, 5) is 17.3. The molecular weight excluding hydrogens is 350 g/mol. The summed E-state index contributed by atoms with van der Waals surface area (Å²) in [6.07, 6.45) is 0. The third kappa shape index (κ3) is 3.66. The normalized spacial score (nSPS) is 23.1. The highest BCUT2D eigenvalue weighted by Gasteiger charge is 2.39. The zero-order valence-electron chi connectivity index (χ0n) is 16.1. The van der Waals surface area contributed by atoms with Gasteiger partial charge in [0.15, 0.2) is 9.84 Å². The highest BCUT2D eigenvalue weighted by Crippen LogP contribution is 2.41. The first kappa shape index (κ1) is 19.3. The van der Waals surface area contributed by atoms with Crippen LogP contribution in [-0.4, -0.2) is 63.7 Å². The number of rotatable bonds is 4. The van der Waals surface area contributed by atoms with Gasteiger partial charge in [-0.15, -0.1) is 0 Å². The number of nitrogens with zero attached hydrogens (tertiary/aromatic N) is 2. The van der Waals surface area contributed by atoms with Crippen molar-refractivity contribution in [1.82, 2.24) is 10.2 Å². The van der Waals surface area contributed by atoms with Gasteiger partial charge in [0.25, 0.3) is 0 Å². The molecule has 3 rings (SSSR count). The molecule has 26 heavy (non-hydrogen) atoms. The number of hydrogen-bond donors (Lipinski definition) is 1. The van der Waals surface area contributed by atoms with Crippen molar-refractivity contribution in [2.24, 2.45) is 0 Å². The van der Waals surface area contributed by atoms with E-state index in [0.717, 1.165) is 30.9 Å². The van der Waals surface area contributed by atoms with Gasteiger partial charge in [-0.05, 0) is 24.6 Å². The summed E-state index contributed by atoms with van der Waals surface area (Å²) in [5, 5.41) is 3.38. The van der Waals surface area contributed by atoms with Crippen molar-refractivity contribution in [2.45, 2.75) is 44.0 Å². The van der Waals surface area contributed by atoms with E-state index in [9.17, 15) is 13.2 Å². The molecule has 1 saturated heterocycles. The number of nitrogens with one attached hydrogen (secondary N) is 1. The monoisotopic (exact) mass is 379 g/mol. The van der Waals surface area contributed by atoms with Crippen LogP contribution in [0.1, 0.15) is 33.3 Å². The van der Waals surface area contributed by atoms with Crippen LogP contribution in [0.4, 0.5) is 5.69 Å². The minimum atomic E-state index is -3.30. The van der Waals surface area contributed by atoms with E-state index in [0.29, 0.717) is 24.0 Å². The number of fused-ring (bicyclic) bond motifs is 1. The lowest BCUT2D eigenvalue weighted by molar-refractivity contribution is -0.120. The molecule has 1 N–H and O–H groups in total. The zero-order chi connectivity index (χ0) is 19.1. The fraction of sp³-hybridized carbons (Fsp3) is 0.632. The average molecular weight is 380 g/mol. The second-order valence-corrected chi connectivity index (χ2v) is 10.3. The van der Waals surface area contributed by atoms with E-state index in [4.69, 9.17) is 0 Å². The minimum absolute atomic E-state index is 0.0389. The van der Waals surface area contributed by atoms with Crippen molar-refractivity contribution in [2.75, 3.05) is 43.4 Å². The topological polar surface area (TPSA) is 69.7 Å². The first-order valence-electron chi connectivity index (χ1n) is 9.27. The summed E-state index contributed by atoms with van der Waals surface area (Å²) < 4.78 is 24.5. The van der Waals surface area contributed by atoms with Gasteiger partial charge in [-0.3, -0.25) is 9.69 Å². The van der Waals surface area contributed by atoms with E-state index in [1.165, 1.54) is 0 Å². The van der Waals surface area contributed by atoms with E-state index in [1.807, 2.05) is 6.07 Å². The van der Waals surface area contributed by atoms with Gasteiger partial charge in [0, 0.05) is 43.3 Å². The highest BCUT2D eigenvalue weighted by atomic mass is 32.2. The Kier molecular flexibility index (Phi) is 5.16. The molecule has 0 bridgehead atoms. The van der Waals surface area contributed by atoms with Gasteiger partial charge in [0.1, 0.15) is 0 Å². The van der Waals surface area contributed by atoms with Crippen molar-refractivity contribution >= 4 is 21.4 Å². The van der Waals surface area contributed by atoms with Gasteiger partial charge in [-0.1, -0.05) is 26.8 Å². The quantitative estimate of drug-likeness (QED) is 0.856. The lowest BCUT2D eigenvalue weighted by atomic mass is 9.87. The molecule has 6 nitrogen and oxygen atoms in total. The first-order chi connectivity index (χ1) is 12.1. The molecule has 1 aromatic rings. The third-order valence-corrected chi connectivity index (χ3v) is 7.13. The number of sulfone groups is 1. The Morgan fingerprint density at radius 3 is 2.73 bits per heavy atom. The summed E-state index contributed by atoms with van der Waals surface area (Å²) in [7, 11) is -3.30. The van der Waals surface area contributed by atoms with Gasteiger partial charge in [0.05, 0.1) is 17.2 Å². The van der Waals surface area contributed by atoms with Crippen LogP contribution < -0.4 is 10.2 Å². The van der Waals surface area contributed by atoms with E-state index < -0.39 is 9.84 Å². The van der Waals surface area contributed by atoms with Crippen molar-refractivity contribution in [1.29, 1.82) is 0 Å². The van der Waals surface area contributed by atoms with Crippen LogP contribution in [0.3, 0.4) is 0 Å². The molecule has 0 radical (unpaired) electrons. The lowest BCUT2D eigenvalue weighted by Crippen LogP contribution is -2.52. The maximum Gasteiger partial charge on any atom is 0.241 e. The molecule has 1 aromatic carbocycles. The smallest absolute Gasteiger partial charge is 0.241 e. The molecule has 0 unspecified atom stereocenters. The van der Waals surface area contributed by atoms with Crippen molar-refractivity contribution in [3.8, 4) is 0 Å². The maximum atomic E-state index is 13.0. The SMILES string of the molecule is CCS(=O)(=O)c1ccc2c(c1)N(C(=O)CN1CCN[C@H](C)C1)CC2(C)C. The Balaban J connectivity index is 1.88. The van der Waals surface area contributed by atoms with Gasteiger partial charge in [-0.25, -0.2) is 8.42 Å². The Hall–Kier alpha value is -1.44. The number of hydrogen-bond acceptors (Lipinski definition) is 5. The van der Waals surface area contributed by atoms with Crippen molar-refractivity contribution in [3.05, 3.63) is 23.8 Å². The Bertz CT molecular complexity index is 804. The molecule has 7 heteroatoms. The van der Waals surface area contributed by atoms with Gasteiger partial charge >= 0.3 is 0 Å². The Labute approximate surface area is 156 Å². The van der Waals surface area contributed by atoms with Crippen LogP contribution in [0.15, 0.2) is 23.1 Å². The Morgan fingerprint density at radius 1 is 1.35 bits per heavy atom. The van der Waals surface area contributed by atoms with Crippen molar-refractivity contribution < 1.29 is 13.2 Å². The van der Waals surface area contributed by atoms with E-state index in [-0.39, 0.29) is 17.1 Å². The molecule has 2 heterocycles. The summed E-state index contributed by atoms with van der Waals surface area (Å²) >= 11 is 0. The van der Waals surface area contributed by atoms with E-state index in [2.05, 4.69) is 31.0 Å². The fourth-order valence-electron chi connectivity index (χ4n) is 3.89. The van der Waals surface area contributed by atoms with Crippen LogP contribution in [0.5, 0.6) is 0 Å². The van der Waals surface area contributed by atoms with E-state index >= 15 is 0 Å². The number of carbonyl (C=O) groups is 1. The predicted octanol–water partition coefficient (Wildman–Crippen LogP) is 1.40. The highest BCUT2D eigenvalue weighted by molar-refractivity contribution is 7.91.